The molecule has 0 bridgehead atoms. The first-order chi connectivity index (χ1) is 7.62. The largest absolute Gasteiger partial charge is 0.347 e. The Balaban J connectivity index is 2.02. The average molecular weight is 218 g/mol. The standard InChI is InChI=1S/C13H18N2O/c1-10(14)9-12(16)15-13(7-8-13)11-5-3-2-4-6-11/h2-6,10H,7-9,14H2,1H3,(H,15,16). The van der Waals surface area contributed by atoms with Crippen LogP contribution in [0.2, 0.25) is 0 Å². The van der Waals surface area contributed by atoms with Gasteiger partial charge < -0.3 is 11.1 Å². The van der Waals surface area contributed by atoms with Gasteiger partial charge in [-0.2, -0.15) is 0 Å². The molecule has 1 atom stereocenters. The highest BCUT2D eigenvalue weighted by molar-refractivity contribution is 5.78. The second kappa shape index (κ2) is 4.26. The summed E-state index contributed by atoms with van der Waals surface area (Å²) < 4.78 is 0. The second-order valence-corrected chi connectivity index (χ2v) is 4.68. The van der Waals surface area contributed by atoms with Crippen LogP contribution in [0.3, 0.4) is 0 Å². The van der Waals surface area contributed by atoms with Crippen LogP contribution in [0.15, 0.2) is 30.3 Å². The van der Waals surface area contributed by atoms with Gasteiger partial charge in [0.25, 0.3) is 0 Å². The molecule has 1 unspecified atom stereocenters. The normalized spacial score (nSPS) is 18.9. The molecule has 1 aromatic carbocycles. The van der Waals surface area contributed by atoms with Gasteiger partial charge in [-0.05, 0) is 25.3 Å². The van der Waals surface area contributed by atoms with E-state index in [4.69, 9.17) is 5.73 Å². The van der Waals surface area contributed by atoms with Crippen LogP contribution in [0, 0.1) is 0 Å². The van der Waals surface area contributed by atoms with Gasteiger partial charge in [0, 0.05) is 12.5 Å². The summed E-state index contributed by atoms with van der Waals surface area (Å²) in [6, 6.07) is 10.1. The number of carbonyl (C=O) groups is 1. The maximum Gasteiger partial charge on any atom is 0.222 e. The first kappa shape index (κ1) is 11.1. The summed E-state index contributed by atoms with van der Waals surface area (Å²) >= 11 is 0. The van der Waals surface area contributed by atoms with E-state index in [0.717, 1.165) is 12.8 Å². The van der Waals surface area contributed by atoms with Crippen molar-refractivity contribution in [2.75, 3.05) is 0 Å². The highest BCUT2D eigenvalue weighted by atomic mass is 16.1. The van der Waals surface area contributed by atoms with Crippen LogP contribution in [0.25, 0.3) is 0 Å². The van der Waals surface area contributed by atoms with E-state index in [1.165, 1.54) is 5.56 Å². The Kier molecular flexibility index (Phi) is 2.97. The molecule has 1 aliphatic carbocycles. The quantitative estimate of drug-likeness (QED) is 0.805. The minimum absolute atomic E-state index is 0.0522. The van der Waals surface area contributed by atoms with Gasteiger partial charge in [-0.3, -0.25) is 4.79 Å². The van der Waals surface area contributed by atoms with E-state index in [0.29, 0.717) is 6.42 Å². The molecule has 3 N–H and O–H groups in total. The van der Waals surface area contributed by atoms with Crippen molar-refractivity contribution in [2.45, 2.75) is 37.8 Å². The third-order valence-corrected chi connectivity index (χ3v) is 2.96. The lowest BCUT2D eigenvalue weighted by Gasteiger charge is -2.18. The molecule has 16 heavy (non-hydrogen) atoms. The van der Waals surface area contributed by atoms with Crippen LogP contribution in [0.4, 0.5) is 0 Å². The monoisotopic (exact) mass is 218 g/mol. The Morgan fingerprint density at radius 3 is 2.56 bits per heavy atom. The zero-order valence-corrected chi connectivity index (χ0v) is 9.57. The lowest BCUT2D eigenvalue weighted by Crippen LogP contribution is -2.37. The highest BCUT2D eigenvalue weighted by Gasteiger charge is 2.45. The summed E-state index contributed by atoms with van der Waals surface area (Å²) in [7, 11) is 0. The van der Waals surface area contributed by atoms with Crippen molar-refractivity contribution in [3.63, 3.8) is 0 Å². The third-order valence-electron chi connectivity index (χ3n) is 2.96. The molecule has 3 heteroatoms. The molecule has 0 heterocycles. The zero-order chi connectivity index (χ0) is 11.6. The van der Waals surface area contributed by atoms with E-state index in [2.05, 4.69) is 17.4 Å². The molecule has 3 nitrogen and oxygen atoms in total. The lowest BCUT2D eigenvalue weighted by atomic mass is 10.0. The van der Waals surface area contributed by atoms with Crippen molar-refractivity contribution in [1.82, 2.24) is 5.32 Å². The van der Waals surface area contributed by atoms with E-state index >= 15 is 0 Å². The molecule has 2 rings (SSSR count). The molecule has 0 saturated heterocycles. The van der Waals surface area contributed by atoms with Crippen LogP contribution >= 0.6 is 0 Å². The molecule has 0 aliphatic heterocycles. The van der Waals surface area contributed by atoms with Crippen LogP contribution < -0.4 is 11.1 Å². The summed E-state index contributed by atoms with van der Waals surface area (Å²) in [4.78, 5) is 11.7. The number of hydrogen-bond acceptors (Lipinski definition) is 2. The molecule has 0 spiro atoms. The zero-order valence-electron chi connectivity index (χ0n) is 9.57. The molecule has 1 amide bonds. The van der Waals surface area contributed by atoms with E-state index in [-0.39, 0.29) is 17.5 Å². The summed E-state index contributed by atoms with van der Waals surface area (Å²) in [5.41, 5.74) is 6.71. The average Bonchev–Trinajstić information content (AvgIpc) is 2.99. The smallest absolute Gasteiger partial charge is 0.222 e. The number of amides is 1. The number of hydrogen-bond donors (Lipinski definition) is 2. The van der Waals surface area contributed by atoms with Crippen molar-refractivity contribution >= 4 is 5.91 Å². The van der Waals surface area contributed by atoms with Gasteiger partial charge in [-0.15, -0.1) is 0 Å². The van der Waals surface area contributed by atoms with Gasteiger partial charge in [0.1, 0.15) is 0 Å². The predicted molar refractivity (Wildman–Crippen MR) is 63.8 cm³/mol. The first-order valence-electron chi connectivity index (χ1n) is 5.74. The molecule has 1 saturated carbocycles. The van der Waals surface area contributed by atoms with Gasteiger partial charge in [0.2, 0.25) is 5.91 Å². The number of nitrogens with one attached hydrogen (secondary N) is 1. The fraction of sp³-hybridized carbons (Fsp3) is 0.462. The fourth-order valence-electron chi connectivity index (χ4n) is 1.98. The summed E-state index contributed by atoms with van der Waals surface area (Å²) in [6.07, 6.45) is 2.46. The van der Waals surface area contributed by atoms with Crippen LogP contribution in [-0.4, -0.2) is 11.9 Å². The van der Waals surface area contributed by atoms with E-state index in [1.54, 1.807) is 0 Å². The fourth-order valence-corrected chi connectivity index (χ4v) is 1.98. The number of nitrogens with two attached hydrogens (primary N) is 1. The Morgan fingerprint density at radius 1 is 1.44 bits per heavy atom. The van der Waals surface area contributed by atoms with Crippen molar-refractivity contribution in [1.29, 1.82) is 0 Å². The van der Waals surface area contributed by atoms with Crippen LogP contribution in [0.5, 0.6) is 0 Å². The van der Waals surface area contributed by atoms with Crippen molar-refractivity contribution < 1.29 is 4.79 Å². The first-order valence-corrected chi connectivity index (χ1v) is 5.74. The van der Waals surface area contributed by atoms with Crippen LogP contribution in [0.1, 0.15) is 31.7 Å². The molecule has 1 fully saturated rings. The molecule has 0 radical (unpaired) electrons. The molecular formula is C13H18N2O. The lowest BCUT2D eigenvalue weighted by molar-refractivity contribution is -0.122. The highest BCUT2D eigenvalue weighted by Crippen LogP contribution is 2.45. The number of rotatable bonds is 4. The molecule has 1 aromatic rings. The van der Waals surface area contributed by atoms with E-state index < -0.39 is 0 Å². The molecule has 0 aromatic heterocycles. The van der Waals surface area contributed by atoms with E-state index in [9.17, 15) is 4.79 Å². The molecular weight excluding hydrogens is 200 g/mol. The Hall–Kier alpha value is -1.35. The SMILES string of the molecule is CC(N)CC(=O)NC1(c2ccccc2)CC1. The van der Waals surface area contributed by atoms with Crippen LogP contribution in [-0.2, 0) is 10.3 Å². The summed E-state index contributed by atoms with van der Waals surface area (Å²) in [5, 5.41) is 3.10. The Labute approximate surface area is 96.0 Å². The number of carbonyl (C=O) groups excluding carboxylic acids is 1. The minimum Gasteiger partial charge on any atom is -0.347 e. The van der Waals surface area contributed by atoms with Gasteiger partial charge in [-0.25, -0.2) is 0 Å². The van der Waals surface area contributed by atoms with E-state index in [1.807, 2.05) is 25.1 Å². The Bertz CT molecular complexity index is 369. The van der Waals surface area contributed by atoms with Crippen molar-refractivity contribution in [2.24, 2.45) is 5.73 Å². The maximum atomic E-state index is 11.7. The topological polar surface area (TPSA) is 55.1 Å². The number of benzene rings is 1. The summed E-state index contributed by atoms with van der Waals surface area (Å²) in [5.74, 6) is 0.0522. The third kappa shape index (κ3) is 2.42. The van der Waals surface area contributed by atoms with Gasteiger partial charge in [-0.1, -0.05) is 30.3 Å². The second-order valence-electron chi connectivity index (χ2n) is 4.68. The van der Waals surface area contributed by atoms with Gasteiger partial charge in [0.05, 0.1) is 5.54 Å². The van der Waals surface area contributed by atoms with Gasteiger partial charge >= 0.3 is 0 Å². The molecule has 1 aliphatic rings. The molecule has 86 valence electrons. The van der Waals surface area contributed by atoms with Gasteiger partial charge in [0.15, 0.2) is 0 Å². The van der Waals surface area contributed by atoms with Crippen molar-refractivity contribution in [3.05, 3.63) is 35.9 Å². The maximum absolute atomic E-state index is 11.7. The van der Waals surface area contributed by atoms with Crippen molar-refractivity contribution in [3.8, 4) is 0 Å². The Morgan fingerprint density at radius 2 is 2.06 bits per heavy atom. The summed E-state index contributed by atoms with van der Waals surface area (Å²) in [6.45, 7) is 1.85. The predicted octanol–water partition coefficient (Wildman–Crippen LogP) is 1.53. The minimum atomic E-state index is -0.104.